The molecule has 7 nitrogen and oxygen atoms in total. The molecule has 2 aliphatic rings. The van der Waals surface area contributed by atoms with Crippen LogP contribution in [-0.4, -0.2) is 53.2 Å². The second-order valence-electron chi connectivity index (χ2n) is 9.67. The summed E-state index contributed by atoms with van der Waals surface area (Å²) in [5.41, 5.74) is 4.63. The van der Waals surface area contributed by atoms with Crippen LogP contribution in [0.3, 0.4) is 0 Å². The second kappa shape index (κ2) is 10.9. The number of hydrogen-bond donors (Lipinski definition) is 2. The van der Waals surface area contributed by atoms with Crippen molar-refractivity contribution in [2.45, 2.75) is 64.0 Å². The van der Waals surface area contributed by atoms with Gasteiger partial charge < -0.3 is 20.1 Å². The van der Waals surface area contributed by atoms with Crippen molar-refractivity contribution >= 4 is 18.0 Å². The smallest absolute Gasteiger partial charge is 0.407 e. The van der Waals surface area contributed by atoms with Gasteiger partial charge in [-0.2, -0.15) is 0 Å². The zero-order valence-corrected chi connectivity index (χ0v) is 20.4. The van der Waals surface area contributed by atoms with E-state index in [-0.39, 0.29) is 43.5 Å². The number of piperidine rings is 1. The fraction of sp³-hybridized carbons (Fsp3) is 0.464. The molecular weight excluding hydrogens is 444 g/mol. The van der Waals surface area contributed by atoms with Gasteiger partial charge in [-0.25, -0.2) is 4.79 Å². The molecule has 2 N–H and O–H groups in total. The molecule has 1 aliphatic heterocycles. The first-order chi connectivity index (χ1) is 16.9. The maximum atomic E-state index is 13.0. The lowest BCUT2D eigenvalue weighted by Crippen LogP contribution is -2.49. The Kier molecular flexibility index (Phi) is 7.73. The van der Waals surface area contributed by atoms with Gasteiger partial charge in [-0.05, 0) is 48.4 Å². The quantitative estimate of drug-likeness (QED) is 0.568. The van der Waals surface area contributed by atoms with Crippen molar-refractivity contribution in [3.8, 4) is 11.1 Å². The molecule has 186 valence electrons. The van der Waals surface area contributed by atoms with E-state index in [1.54, 1.807) is 4.90 Å². The van der Waals surface area contributed by atoms with Gasteiger partial charge >= 0.3 is 12.1 Å². The molecule has 0 radical (unpaired) electrons. The minimum absolute atomic E-state index is 0.00479. The normalized spacial score (nSPS) is 20.0. The zero-order valence-electron chi connectivity index (χ0n) is 20.4. The summed E-state index contributed by atoms with van der Waals surface area (Å²) >= 11 is 0. The highest BCUT2D eigenvalue weighted by Crippen LogP contribution is 2.44. The third-order valence-electron chi connectivity index (χ3n) is 7.28. The molecule has 2 aromatic rings. The van der Waals surface area contributed by atoms with Gasteiger partial charge in [0.05, 0.1) is 5.92 Å². The molecule has 7 heteroatoms. The van der Waals surface area contributed by atoms with Gasteiger partial charge in [-0.1, -0.05) is 61.9 Å². The van der Waals surface area contributed by atoms with Crippen molar-refractivity contribution in [3.05, 3.63) is 59.7 Å². The topological polar surface area (TPSA) is 95.9 Å². The molecule has 0 saturated carbocycles. The van der Waals surface area contributed by atoms with E-state index in [4.69, 9.17) is 4.74 Å². The third kappa shape index (κ3) is 5.50. The number of alkyl carbamates (subject to hydrolysis) is 1. The SMILES string of the molecule is CCC[C@H](CC(=O)N1CC(C(=O)O)CCC1C)NC(=O)OCC1c2ccccc2-c2ccccc21. The summed E-state index contributed by atoms with van der Waals surface area (Å²) in [6, 6.07) is 16.0. The van der Waals surface area contributed by atoms with E-state index in [1.165, 1.54) is 11.1 Å². The van der Waals surface area contributed by atoms with Gasteiger partial charge in [0.25, 0.3) is 0 Å². The number of rotatable bonds is 8. The zero-order chi connectivity index (χ0) is 24.9. The van der Waals surface area contributed by atoms with Gasteiger partial charge in [0.15, 0.2) is 0 Å². The molecule has 35 heavy (non-hydrogen) atoms. The third-order valence-corrected chi connectivity index (χ3v) is 7.28. The lowest BCUT2D eigenvalue weighted by atomic mass is 9.93. The van der Waals surface area contributed by atoms with E-state index in [0.29, 0.717) is 19.3 Å². The Hall–Kier alpha value is -3.35. The number of benzene rings is 2. The summed E-state index contributed by atoms with van der Waals surface area (Å²) < 4.78 is 5.66. The van der Waals surface area contributed by atoms with Crippen molar-refractivity contribution < 1.29 is 24.2 Å². The van der Waals surface area contributed by atoms with Crippen LogP contribution < -0.4 is 5.32 Å². The first-order valence-electron chi connectivity index (χ1n) is 12.5. The molecule has 2 unspecified atom stereocenters. The summed E-state index contributed by atoms with van der Waals surface area (Å²) in [5.74, 6) is -1.55. The first kappa shape index (κ1) is 24.8. The van der Waals surface area contributed by atoms with Gasteiger partial charge in [0, 0.05) is 31.0 Å². The van der Waals surface area contributed by atoms with Gasteiger partial charge in [0.1, 0.15) is 6.61 Å². The van der Waals surface area contributed by atoms with Crippen LogP contribution in [-0.2, 0) is 14.3 Å². The highest BCUT2D eigenvalue weighted by Gasteiger charge is 2.34. The van der Waals surface area contributed by atoms with E-state index in [9.17, 15) is 19.5 Å². The van der Waals surface area contributed by atoms with E-state index in [2.05, 4.69) is 29.6 Å². The fourth-order valence-electron chi connectivity index (χ4n) is 5.36. The molecule has 2 aromatic carbocycles. The number of carboxylic acids is 1. The van der Waals surface area contributed by atoms with Gasteiger partial charge in [0.2, 0.25) is 5.91 Å². The summed E-state index contributed by atoms with van der Waals surface area (Å²) in [7, 11) is 0. The van der Waals surface area contributed by atoms with Crippen LogP contribution in [0.25, 0.3) is 11.1 Å². The van der Waals surface area contributed by atoms with Crippen LogP contribution in [0.15, 0.2) is 48.5 Å². The summed E-state index contributed by atoms with van der Waals surface area (Å²) in [6.07, 6.45) is 2.29. The monoisotopic (exact) mass is 478 g/mol. The average molecular weight is 479 g/mol. The van der Waals surface area contributed by atoms with Gasteiger partial charge in [-0.3, -0.25) is 9.59 Å². The number of amides is 2. The summed E-state index contributed by atoms with van der Waals surface area (Å²) in [5, 5.41) is 12.3. The standard InChI is InChI=1S/C28H34N2O5/c1-3-8-20(15-26(31)30-16-19(27(32)33)14-13-18(30)2)29-28(34)35-17-25-23-11-6-4-9-21(23)22-10-5-7-12-24(22)25/h4-7,9-12,18-20,25H,3,8,13-17H2,1-2H3,(H,29,34)(H,32,33)/t18?,19?,20-/m1/s1. The summed E-state index contributed by atoms with van der Waals surface area (Å²) in [6.45, 7) is 4.39. The lowest BCUT2D eigenvalue weighted by Gasteiger charge is -2.37. The van der Waals surface area contributed by atoms with Crippen molar-refractivity contribution in [3.63, 3.8) is 0 Å². The molecular formula is C28H34N2O5. The lowest BCUT2D eigenvalue weighted by molar-refractivity contribution is -0.147. The van der Waals surface area contributed by atoms with Crippen LogP contribution in [0.5, 0.6) is 0 Å². The molecule has 1 aliphatic carbocycles. The largest absolute Gasteiger partial charge is 0.481 e. The number of likely N-dealkylation sites (tertiary alicyclic amines) is 1. The van der Waals surface area contributed by atoms with Crippen LogP contribution in [0.1, 0.15) is 63.0 Å². The van der Waals surface area contributed by atoms with E-state index in [1.807, 2.05) is 38.1 Å². The Morgan fingerprint density at radius 2 is 1.69 bits per heavy atom. The minimum atomic E-state index is -0.864. The van der Waals surface area contributed by atoms with Crippen LogP contribution >= 0.6 is 0 Å². The number of hydrogen-bond acceptors (Lipinski definition) is 4. The van der Waals surface area contributed by atoms with E-state index < -0.39 is 18.0 Å². The fourth-order valence-corrected chi connectivity index (χ4v) is 5.36. The summed E-state index contributed by atoms with van der Waals surface area (Å²) in [4.78, 5) is 38.8. The van der Waals surface area contributed by atoms with Crippen LogP contribution in [0.2, 0.25) is 0 Å². The number of carbonyl (C=O) groups is 3. The number of carbonyl (C=O) groups excluding carboxylic acids is 2. The Morgan fingerprint density at radius 3 is 2.29 bits per heavy atom. The Morgan fingerprint density at radius 1 is 1.06 bits per heavy atom. The molecule has 0 bridgehead atoms. The van der Waals surface area contributed by atoms with Crippen molar-refractivity contribution in [1.82, 2.24) is 10.2 Å². The molecule has 0 spiro atoms. The highest BCUT2D eigenvalue weighted by molar-refractivity contribution is 5.80. The highest BCUT2D eigenvalue weighted by atomic mass is 16.5. The number of nitrogens with zero attached hydrogens (tertiary/aromatic N) is 1. The number of aliphatic carboxylic acids is 1. The van der Waals surface area contributed by atoms with Crippen molar-refractivity contribution in [2.75, 3.05) is 13.2 Å². The van der Waals surface area contributed by atoms with Crippen molar-refractivity contribution in [1.29, 1.82) is 0 Å². The number of fused-ring (bicyclic) bond motifs is 3. The molecule has 0 aromatic heterocycles. The molecule has 1 heterocycles. The maximum absolute atomic E-state index is 13.0. The molecule has 2 amide bonds. The second-order valence-corrected chi connectivity index (χ2v) is 9.67. The average Bonchev–Trinajstić information content (AvgIpc) is 3.16. The molecule has 3 atom stereocenters. The van der Waals surface area contributed by atoms with Crippen LogP contribution in [0, 0.1) is 5.92 Å². The van der Waals surface area contributed by atoms with E-state index in [0.717, 1.165) is 17.5 Å². The molecule has 4 rings (SSSR count). The van der Waals surface area contributed by atoms with E-state index >= 15 is 0 Å². The maximum Gasteiger partial charge on any atom is 0.407 e. The Balaban J connectivity index is 1.36. The first-order valence-corrected chi connectivity index (χ1v) is 12.5. The Bertz CT molecular complexity index is 1040. The number of nitrogens with one attached hydrogen (secondary N) is 1. The predicted molar refractivity (Wildman–Crippen MR) is 133 cm³/mol. The Labute approximate surface area is 206 Å². The molecule has 1 saturated heterocycles. The number of ether oxygens (including phenoxy) is 1. The van der Waals surface area contributed by atoms with Crippen molar-refractivity contribution in [2.24, 2.45) is 5.92 Å². The number of carboxylic acid groups (broad SMARTS) is 1. The molecule has 1 fully saturated rings. The predicted octanol–water partition coefficient (Wildman–Crippen LogP) is 4.80. The van der Waals surface area contributed by atoms with Crippen LogP contribution in [0.4, 0.5) is 4.79 Å². The minimum Gasteiger partial charge on any atom is -0.481 e. The van der Waals surface area contributed by atoms with Gasteiger partial charge in [-0.15, -0.1) is 0 Å².